The maximum Gasteiger partial charge on any atom is 0.248 e. The van der Waals surface area contributed by atoms with E-state index in [-0.39, 0.29) is 17.1 Å². The summed E-state index contributed by atoms with van der Waals surface area (Å²) in [6.07, 6.45) is 0.375. The Morgan fingerprint density at radius 2 is 1.95 bits per heavy atom. The average molecular weight is 278 g/mol. The van der Waals surface area contributed by atoms with Gasteiger partial charge in [-0.2, -0.15) is 5.10 Å². The van der Waals surface area contributed by atoms with Crippen molar-refractivity contribution < 1.29 is 13.9 Å². The van der Waals surface area contributed by atoms with Gasteiger partial charge in [-0.1, -0.05) is 20.8 Å². The topological polar surface area (TPSA) is 41.9 Å². The molecule has 0 saturated heterocycles. The third kappa shape index (κ3) is 3.56. The molecular formula is C15H19FN2O2. The molecule has 2 rings (SSSR count). The predicted molar refractivity (Wildman–Crippen MR) is 75.1 cm³/mol. The molecule has 0 spiro atoms. The molecule has 20 heavy (non-hydrogen) atoms. The van der Waals surface area contributed by atoms with Crippen LogP contribution in [0.5, 0.6) is 5.75 Å². The van der Waals surface area contributed by atoms with Crippen molar-refractivity contribution in [3.8, 4) is 5.75 Å². The standard InChI is InChI=1S/C15H19FN2O2/c1-15(2,3)13-10-14(19)18(17-13)8-9-20-12-6-4-11(16)5-7-12/h4-7H,8-10H2,1-3H3. The van der Waals surface area contributed by atoms with Gasteiger partial charge in [-0.05, 0) is 24.3 Å². The molecule has 108 valence electrons. The van der Waals surface area contributed by atoms with Gasteiger partial charge in [0.2, 0.25) is 5.91 Å². The van der Waals surface area contributed by atoms with Crippen molar-refractivity contribution in [3.63, 3.8) is 0 Å². The first-order valence-corrected chi connectivity index (χ1v) is 6.63. The van der Waals surface area contributed by atoms with E-state index in [2.05, 4.69) is 5.10 Å². The van der Waals surface area contributed by atoms with E-state index in [1.807, 2.05) is 20.8 Å². The number of halogens is 1. The zero-order valence-electron chi connectivity index (χ0n) is 12.0. The number of benzene rings is 1. The largest absolute Gasteiger partial charge is 0.492 e. The van der Waals surface area contributed by atoms with Gasteiger partial charge in [0.25, 0.3) is 0 Å². The maximum atomic E-state index is 12.7. The van der Waals surface area contributed by atoms with Gasteiger partial charge in [-0.3, -0.25) is 4.79 Å². The summed E-state index contributed by atoms with van der Waals surface area (Å²) in [5.41, 5.74) is 0.798. The molecule has 1 aromatic rings. The molecule has 4 nitrogen and oxygen atoms in total. The fourth-order valence-electron chi connectivity index (χ4n) is 1.84. The highest BCUT2D eigenvalue weighted by Crippen LogP contribution is 2.24. The zero-order valence-corrected chi connectivity index (χ0v) is 12.0. The van der Waals surface area contributed by atoms with Crippen molar-refractivity contribution in [1.82, 2.24) is 5.01 Å². The summed E-state index contributed by atoms with van der Waals surface area (Å²) in [7, 11) is 0. The Hall–Kier alpha value is -1.91. The highest BCUT2D eigenvalue weighted by molar-refractivity contribution is 6.07. The number of amides is 1. The highest BCUT2D eigenvalue weighted by Gasteiger charge is 2.30. The van der Waals surface area contributed by atoms with Crippen LogP contribution in [-0.4, -0.2) is 29.8 Å². The van der Waals surface area contributed by atoms with Gasteiger partial charge in [-0.25, -0.2) is 9.40 Å². The van der Waals surface area contributed by atoms with E-state index < -0.39 is 0 Å². The lowest BCUT2D eigenvalue weighted by Gasteiger charge is -2.16. The van der Waals surface area contributed by atoms with Crippen LogP contribution in [0.25, 0.3) is 0 Å². The number of carbonyl (C=O) groups is 1. The van der Waals surface area contributed by atoms with Gasteiger partial charge in [0, 0.05) is 5.41 Å². The fourth-order valence-corrected chi connectivity index (χ4v) is 1.84. The Morgan fingerprint density at radius 3 is 2.50 bits per heavy atom. The van der Waals surface area contributed by atoms with Gasteiger partial charge in [0.1, 0.15) is 18.2 Å². The smallest absolute Gasteiger partial charge is 0.248 e. The molecule has 5 heteroatoms. The zero-order chi connectivity index (χ0) is 14.8. The summed E-state index contributed by atoms with van der Waals surface area (Å²) in [5, 5.41) is 5.79. The van der Waals surface area contributed by atoms with E-state index in [4.69, 9.17) is 4.74 Å². The van der Waals surface area contributed by atoms with Crippen molar-refractivity contribution in [3.05, 3.63) is 30.1 Å². The second-order valence-corrected chi connectivity index (χ2v) is 5.79. The van der Waals surface area contributed by atoms with E-state index in [9.17, 15) is 9.18 Å². The molecule has 0 atom stereocenters. The molecule has 0 unspecified atom stereocenters. The lowest BCUT2D eigenvalue weighted by Crippen LogP contribution is -2.26. The van der Waals surface area contributed by atoms with E-state index in [0.717, 1.165) is 5.71 Å². The summed E-state index contributed by atoms with van der Waals surface area (Å²) in [5.74, 6) is 0.280. The van der Waals surface area contributed by atoms with Crippen LogP contribution < -0.4 is 4.74 Å². The Kier molecular flexibility index (Phi) is 4.06. The minimum absolute atomic E-state index is 0.00219. The van der Waals surface area contributed by atoms with Gasteiger partial charge >= 0.3 is 0 Å². The number of carbonyl (C=O) groups excluding carboxylic acids is 1. The fraction of sp³-hybridized carbons (Fsp3) is 0.467. The van der Waals surface area contributed by atoms with Crippen molar-refractivity contribution >= 4 is 11.6 Å². The van der Waals surface area contributed by atoms with Crippen molar-refractivity contribution in [2.75, 3.05) is 13.2 Å². The summed E-state index contributed by atoms with van der Waals surface area (Å²) >= 11 is 0. The van der Waals surface area contributed by atoms with E-state index in [1.165, 1.54) is 17.1 Å². The molecule has 0 saturated carbocycles. The Bertz CT molecular complexity index is 518. The number of ether oxygens (including phenoxy) is 1. The first-order valence-electron chi connectivity index (χ1n) is 6.63. The van der Waals surface area contributed by atoms with Crippen LogP contribution in [0.1, 0.15) is 27.2 Å². The molecule has 0 fully saturated rings. The van der Waals surface area contributed by atoms with E-state index in [0.29, 0.717) is 25.3 Å². The number of hydrogen-bond donors (Lipinski definition) is 0. The normalized spacial score (nSPS) is 15.5. The molecule has 0 aromatic heterocycles. The van der Waals surface area contributed by atoms with Crippen LogP contribution in [0.2, 0.25) is 0 Å². The monoisotopic (exact) mass is 278 g/mol. The first-order chi connectivity index (χ1) is 9.36. The molecule has 0 aliphatic carbocycles. The van der Waals surface area contributed by atoms with Crippen molar-refractivity contribution in [2.24, 2.45) is 10.5 Å². The van der Waals surface area contributed by atoms with E-state index in [1.54, 1.807) is 12.1 Å². The van der Waals surface area contributed by atoms with Crippen LogP contribution in [0.3, 0.4) is 0 Å². The maximum absolute atomic E-state index is 12.7. The third-order valence-electron chi connectivity index (χ3n) is 3.10. The minimum Gasteiger partial charge on any atom is -0.492 e. The molecule has 1 amide bonds. The van der Waals surface area contributed by atoms with Crippen LogP contribution in [0, 0.1) is 11.2 Å². The van der Waals surface area contributed by atoms with Crippen molar-refractivity contribution in [2.45, 2.75) is 27.2 Å². The van der Waals surface area contributed by atoms with Gasteiger partial charge < -0.3 is 4.74 Å². The third-order valence-corrected chi connectivity index (χ3v) is 3.10. The van der Waals surface area contributed by atoms with Crippen LogP contribution in [0.4, 0.5) is 4.39 Å². The molecule has 1 aliphatic rings. The lowest BCUT2D eigenvalue weighted by atomic mass is 9.88. The Morgan fingerprint density at radius 1 is 1.30 bits per heavy atom. The molecule has 1 aliphatic heterocycles. The highest BCUT2D eigenvalue weighted by atomic mass is 19.1. The summed E-state index contributed by atoms with van der Waals surface area (Å²) in [4.78, 5) is 11.8. The Labute approximate surface area is 118 Å². The SMILES string of the molecule is CC(C)(C)C1=NN(CCOc2ccc(F)cc2)C(=O)C1. The number of hydrazone groups is 1. The second-order valence-electron chi connectivity index (χ2n) is 5.79. The van der Waals surface area contributed by atoms with Crippen LogP contribution in [0.15, 0.2) is 29.4 Å². The first kappa shape index (κ1) is 14.5. The molecule has 0 radical (unpaired) electrons. The van der Waals surface area contributed by atoms with Gasteiger partial charge in [0.05, 0.1) is 18.7 Å². The predicted octanol–water partition coefficient (Wildman–Crippen LogP) is 2.84. The quantitative estimate of drug-likeness (QED) is 0.850. The van der Waals surface area contributed by atoms with Crippen LogP contribution >= 0.6 is 0 Å². The second kappa shape index (κ2) is 5.61. The molecule has 0 bridgehead atoms. The lowest BCUT2D eigenvalue weighted by molar-refractivity contribution is -0.129. The summed E-state index contributed by atoms with van der Waals surface area (Å²) in [6.45, 7) is 6.85. The summed E-state index contributed by atoms with van der Waals surface area (Å²) < 4.78 is 18.2. The number of rotatable bonds is 4. The minimum atomic E-state index is -0.300. The van der Waals surface area contributed by atoms with E-state index >= 15 is 0 Å². The Balaban J connectivity index is 1.87. The number of hydrogen-bond acceptors (Lipinski definition) is 3. The molecule has 1 aromatic carbocycles. The average Bonchev–Trinajstić information content (AvgIpc) is 2.74. The van der Waals surface area contributed by atoms with Gasteiger partial charge in [0.15, 0.2) is 0 Å². The molecular weight excluding hydrogens is 259 g/mol. The summed E-state index contributed by atoms with van der Waals surface area (Å²) in [6, 6.07) is 5.80. The molecule has 1 heterocycles. The van der Waals surface area contributed by atoms with Crippen LogP contribution in [-0.2, 0) is 4.79 Å². The van der Waals surface area contributed by atoms with Gasteiger partial charge in [-0.15, -0.1) is 0 Å². The van der Waals surface area contributed by atoms with Crippen molar-refractivity contribution in [1.29, 1.82) is 0 Å². The molecule has 0 N–H and O–H groups in total. The number of nitrogens with zero attached hydrogens (tertiary/aromatic N) is 2.